The molecule has 148 valence electrons. The normalized spacial score (nSPS) is 18.0. The maximum absolute atomic E-state index is 13.5. The standard InChI is InChI=1S/C17H18F5N3O2/c1-27-15(26)10-7-12(23)25-11(6-9-2-4-16(18,19)5-3-9)14(17(20,21)22)24-13(25)8-10/h7-9H,2-6,23H2,1H3. The molecule has 0 aromatic carbocycles. The monoisotopic (exact) mass is 391 g/mol. The number of hydrogen-bond donors (Lipinski definition) is 1. The molecule has 2 aromatic heterocycles. The molecule has 2 N–H and O–H groups in total. The number of pyridine rings is 1. The Hall–Kier alpha value is -2.39. The van der Waals surface area contributed by atoms with Gasteiger partial charge in [0.25, 0.3) is 0 Å². The van der Waals surface area contributed by atoms with Crippen LogP contribution >= 0.6 is 0 Å². The number of aromatic nitrogens is 2. The summed E-state index contributed by atoms with van der Waals surface area (Å²) in [5.74, 6) is -3.95. The summed E-state index contributed by atoms with van der Waals surface area (Å²) in [6.45, 7) is 0. The highest BCUT2D eigenvalue weighted by atomic mass is 19.4. The third kappa shape index (κ3) is 3.84. The Labute approximate surface area is 151 Å². The maximum atomic E-state index is 13.5. The Kier molecular flexibility index (Phi) is 4.77. The van der Waals surface area contributed by atoms with Gasteiger partial charge in [0.2, 0.25) is 5.92 Å². The lowest BCUT2D eigenvalue weighted by Crippen LogP contribution is -2.26. The quantitative estimate of drug-likeness (QED) is 0.632. The van der Waals surface area contributed by atoms with Gasteiger partial charge in [-0.2, -0.15) is 13.2 Å². The summed E-state index contributed by atoms with van der Waals surface area (Å²) in [6, 6.07) is 2.37. The van der Waals surface area contributed by atoms with Gasteiger partial charge in [-0.15, -0.1) is 0 Å². The molecule has 1 saturated carbocycles. The summed E-state index contributed by atoms with van der Waals surface area (Å²) in [5, 5.41) is 0. The Morgan fingerprint density at radius 3 is 2.52 bits per heavy atom. The molecule has 0 bridgehead atoms. The van der Waals surface area contributed by atoms with E-state index in [1.807, 2.05) is 0 Å². The molecule has 0 radical (unpaired) electrons. The summed E-state index contributed by atoms with van der Waals surface area (Å²) in [5.41, 5.74) is 4.42. The van der Waals surface area contributed by atoms with Crippen molar-refractivity contribution in [3.8, 4) is 0 Å². The van der Waals surface area contributed by atoms with Crippen LogP contribution in [0.2, 0.25) is 0 Å². The van der Waals surface area contributed by atoms with E-state index in [-0.39, 0.29) is 60.7 Å². The van der Waals surface area contributed by atoms with Crippen LogP contribution in [0.25, 0.3) is 5.65 Å². The first-order valence-corrected chi connectivity index (χ1v) is 8.36. The molecule has 5 nitrogen and oxygen atoms in total. The molecule has 0 saturated heterocycles. The van der Waals surface area contributed by atoms with Crippen molar-refractivity contribution in [1.29, 1.82) is 0 Å². The van der Waals surface area contributed by atoms with Crippen molar-refractivity contribution in [2.45, 2.75) is 44.2 Å². The number of fused-ring (bicyclic) bond motifs is 1. The van der Waals surface area contributed by atoms with Crippen LogP contribution in [0.1, 0.15) is 47.4 Å². The van der Waals surface area contributed by atoms with Crippen molar-refractivity contribution < 1.29 is 31.5 Å². The number of nitrogens with zero attached hydrogens (tertiary/aromatic N) is 2. The molecule has 0 atom stereocenters. The number of carbonyl (C=O) groups excluding carboxylic acids is 1. The van der Waals surface area contributed by atoms with E-state index in [9.17, 15) is 26.7 Å². The molecule has 10 heteroatoms. The van der Waals surface area contributed by atoms with Crippen molar-refractivity contribution >= 4 is 17.4 Å². The highest BCUT2D eigenvalue weighted by molar-refractivity contribution is 5.91. The number of imidazole rings is 1. The molecule has 2 heterocycles. The number of alkyl halides is 5. The van der Waals surface area contributed by atoms with E-state index in [0.29, 0.717) is 0 Å². The topological polar surface area (TPSA) is 69.6 Å². The van der Waals surface area contributed by atoms with Crippen LogP contribution in [0.3, 0.4) is 0 Å². The fourth-order valence-electron chi connectivity index (χ4n) is 3.49. The van der Waals surface area contributed by atoms with Crippen molar-refractivity contribution in [2.24, 2.45) is 5.92 Å². The van der Waals surface area contributed by atoms with Crippen LogP contribution in [0, 0.1) is 5.92 Å². The number of nitrogen functional groups attached to an aromatic ring is 1. The SMILES string of the molecule is COC(=O)c1cc(N)n2c(CC3CCC(F)(F)CC3)c(C(F)(F)F)nc2c1. The second-order valence-electron chi connectivity index (χ2n) is 6.76. The molecular formula is C17H18F5N3O2. The number of carbonyl (C=O) groups is 1. The Balaban J connectivity index is 2.05. The average Bonchev–Trinajstić information content (AvgIpc) is 2.95. The molecule has 0 unspecified atom stereocenters. The maximum Gasteiger partial charge on any atom is 0.435 e. The van der Waals surface area contributed by atoms with Crippen molar-refractivity contribution in [1.82, 2.24) is 9.38 Å². The van der Waals surface area contributed by atoms with E-state index in [1.54, 1.807) is 0 Å². The average molecular weight is 391 g/mol. The fraction of sp³-hybridized carbons (Fsp3) is 0.529. The molecule has 3 rings (SSSR count). The highest BCUT2D eigenvalue weighted by Gasteiger charge is 2.40. The number of rotatable bonds is 3. The third-order valence-electron chi connectivity index (χ3n) is 4.85. The second-order valence-corrected chi connectivity index (χ2v) is 6.76. The van der Waals surface area contributed by atoms with Gasteiger partial charge in [-0.3, -0.25) is 4.40 Å². The Morgan fingerprint density at radius 2 is 1.96 bits per heavy atom. The molecular weight excluding hydrogens is 373 g/mol. The summed E-state index contributed by atoms with van der Waals surface area (Å²) in [6.07, 6.45) is -5.27. The van der Waals surface area contributed by atoms with Gasteiger partial charge in [-0.25, -0.2) is 18.6 Å². The van der Waals surface area contributed by atoms with Gasteiger partial charge >= 0.3 is 12.1 Å². The summed E-state index contributed by atoms with van der Waals surface area (Å²) in [7, 11) is 1.14. The summed E-state index contributed by atoms with van der Waals surface area (Å²) >= 11 is 0. The lowest BCUT2D eigenvalue weighted by molar-refractivity contribution is -0.141. The number of hydrogen-bond acceptors (Lipinski definition) is 4. The van der Waals surface area contributed by atoms with Crippen LogP contribution in [0.15, 0.2) is 12.1 Å². The fourth-order valence-corrected chi connectivity index (χ4v) is 3.49. The van der Waals surface area contributed by atoms with Crippen LogP contribution in [0.5, 0.6) is 0 Å². The first kappa shape index (κ1) is 19.4. The van der Waals surface area contributed by atoms with Gasteiger partial charge in [0.1, 0.15) is 11.5 Å². The van der Waals surface area contributed by atoms with Gasteiger partial charge < -0.3 is 10.5 Å². The molecule has 0 aliphatic heterocycles. The lowest BCUT2D eigenvalue weighted by Gasteiger charge is -2.28. The molecule has 2 aromatic rings. The zero-order valence-electron chi connectivity index (χ0n) is 14.4. The zero-order chi connectivity index (χ0) is 20.0. The number of halogens is 5. The molecule has 0 amide bonds. The molecule has 0 spiro atoms. The lowest BCUT2D eigenvalue weighted by atomic mass is 9.83. The van der Waals surface area contributed by atoms with E-state index >= 15 is 0 Å². The van der Waals surface area contributed by atoms with Crippen LogP contribution in [0.4, 0.5) is 27.8 Å². The minimum atomic E-state index is -4.74. The summed E-state index contributed by atoms with van der Waals surface area (Å²) < 4.78 is 72.8. The minimum absolute atomic E-state index is 0.0231. The predicted octanol–water partition coefficient (Wildman–Crippen LogP) is 4.09. The van der Waals surface area contributed by atoms with E-state index in [0.717, 1.165) is 17.6 Å². The molecule has 1 aliphatic carbocycles. The van der Waals surface area contributed by atoms with Gasteiger partial charge in [-0.1, -0.05) is 0 Å². The second kappa shape index (κ2) is 6.65. The first-order chi connectivity index (χ1) is 12.5. The van der Waals surface area contributed by atoms with E-state index in [2.05, 4.69) is 9.72 Å². The van der Waals surface area contributed by atoms with Crippen molar-refractivity contribution in [3.05, 3.63) is 29.1 Å². The van der Waals surface area contributed by atoms with Crippen LogP contribution < -0.4 is 5.73 Å². The predicted molar refractivity (Wildman–Crippen MR) is 86.6 cm³/mol. The van der Waals surface area contributed by atoms with Crippen molar-refractivity contribution in [2.75, 3.05) is 12.8 Å². The third-order valence-corrected chi connectivity index (χ3v) is 4.85. The number of nitrogens with two attached hydrogens (primary N) is 1. The van der Waals surface area contributed by atoms with E-state index < -0.39 is 23.8 Å². The van der Waals surface area contributed by atoms with Gasteiger partial charge in [0, 0.05) is 12.8 Å². The number of ether oxygens (including phenoxy) is 1. The van der Waals surface area contributed by atoms with Crippen molar-refractivity contribution in [3.63, 3.8) is 0 Å². The minimum Gasteiger partial charge on any atom is -0.465 e. The van der Waals surface area contributed by atoms with Crippen LogP contribution in [-0.4, -0.2) is 28.4 Å². The largest absolute Gasteiger partial charge is 0.465 e. The Morgan fingerprint density at radius 1 is 1.33 bits per heavy atom. The smallest absolute Gasteiger partial charge is 0.435 e. The highest BCUT2D eigenvalue weighted by Crippen LogP contribution is 2.40. The number of anilines is 1. The number of esters is 1. The molecule has 1 aliphatic rings. The van der Waals surface area contributed by atoms with Gasteiger partial charge in [0.15, 0.2) is 5.69 Å². The van der Waals surface area contributed by atoms with E-state index in [1.165, 1.54) is 6.07 Å². The first-order valence-electron chi connectivity index (χ1n) is 8.36. The van der Waals surface area contributed by atoms with E-state index in [4.69, 9.17) is 5.73 Å². The summed E-state index contributed by atoms with van der Waals surface area (Å²) in [4.78, 5) is 15.3. The molecule has 1 fully saturated rings. The van der Waals surface area contributed by atoms with Gasteiger partial charge in [0.05, 0.1) is 18.4 Å². The Bertz CT molecular complexity index is 866. The zero-order valence-corrected chi connectivity index (χ0v) is 14.4. The molecule has 27 heavy (non-hydrogen) atoms. The van der Waals surface area contributed by atoms with Gasteiger partial charge in [-0.05, 0) is 37.3 Å². The van der Waals surface area contributed by atoms with Crippen LogP contribution in [-0.2, 0) is 17.3 Å². The number of methoxy groups -OCH3 is 1.